The van der Waals surface area contributed by atoms with Gasteiger partial charge in [0.15, 0.2) is 0 Å². The maximum absolute atomic E-state index is 11.7. The zero-order valence-electron chi connectivity index (χ0n) is 9.75. The van der Waals surface area contributed by atoms with E-state index in [1.807, 2.05) is 14.1 Å². The summed E-state index contributed by atoms with van der Waals surface area (Å²) in [4.78, 5) is 13.4. The van der Waals surface area contributed by atoms with E-state index in [2.05, 4.69) is 6.92 Å². The Kier molecular flexibility index (Phi) is 4.43. The van der Waals surface area contributed by atoms with Gasteiger partial charge in [0.1, 0.15) is 0 Å². The quantitative estimate of drug-likeness (QED) is 0.681. The van der Waals surface area contributed by atoms with Crippen LogP contribution in [0.25, 0.3) is 0 Å². The van der Waals surface area contributed by atoms with Gasteiger partial charge in [-0.15, -0.1) is 0 Å². The maximum Gasteiger partial charge on any atom is 0.225 e. The average molecular weight is 197 g/mol. The van der Waals surface area contributed by atoms with E-state index in [0.29, 0.717) is 11.8 Å². The summed E-state index contributed by atoms with van der Waals surface area (Å²) in [6, 6.07) is 0. The molecule has 0 aromatic rings. The van der Waals surface area contributed by atoms with Crippen LogP contribution in [0.5, 0.6) is 0 Å². The van der Waals surface area contributed by atoms with Gasteiger partial charge in [-0.1, -0.05) is 19.8 Å². The number of hydrogen-bond acceptors (Lipinski definition) is 1. The van der Waals surface area contributed by atoms with Crippen LogP contribution in [-0.4, -0.2) is 24.9 Å². The summed E-state index contributed by atoms with van der Waals surface area (Å²) in [6.07, 6.45) is 7.39. The van der Waals surface area contributed by atoms with Gasteiger partial charge in [-0.25, -0.2) is 0 Å². The van der Waals surface area contributed by atoms with Crippen molar-refractivity contribution in [2.45, 2.75) is 45.4 Å². The van der Waals surface area contributed by atoms with E-state index in [0.717, 1.165) is 18.8 Å². The highest BCUT2D eigenvalue weighted by atomic mass is 16.2. The normalized spacial score (nSPS) is 27.4. The molecular formula is C12H23NO. The number of hydrogen-bond donors (Lipinski definition) is 0. The lowest BCUT2D eigenvalue weighted by Gasteiger charge is -2.29. The first-order valence-corrected chi connectivity index (χ1v) is 5.86. The third kappa shape index (κ3) is 3.00. The smallest absolute Gasteiger partial charge is 0.225 e. The van der Waals surface area contributed by atoms with Crippen LogP contribution in [-0.2, 0) is 4.79 Å². The molecule has 0 radical (unpaired) electrons. The van der Waals surface area contributed by atoms with Crippen molar-refractivity contribution >= 4 is 5.91 Å². The third-order valence-electron chi connectivity index (χ3n) is 3.33. The SMILES string of the molecule is CCCC1CCC(C(=O)N(C)C)CC1. The Morgan fingerprint density at radius 1 is 1.21 bits per heavy atom. The Morgan fingerprint density at radius 3 is 2.21 bits per heavy atom. The van der Waals surface area contributed by atoms with Gasteiger partial charge in [0.05, 0.1) is 0 Å². The number of carbonyl (C=O) groups excluding carboxylic acids is 1. The van der Waals surface area contributed by atoms with Crippen LogP contribution in [0.1, 0.15) is 45.4 Å². The van der Waals surface area contributed by atoms with E-state index in [1.54, 1.807) is 4.90 Å². The van der Waals surface area contributed by atoms with Gasteiger partial charge in [0.25, 0.3) is 0 Å². The van der Waals surface area contributed by atoms with E-state index < -0.39 is 0 Å². The summed E-state index contributed by atoms with van der Waals surface area (Å²) < 4.78 is 0. The summed E-state index contributed by atoms with van der Waals surface area (Å²) in [5, 5.41) is 0. The van der Waals surface area contributed by atoms with E-state index in [9.17, 15) is 4.79 Å². The molecule has 1 aliphatic carbocycles. The largest absolute Gasteiger partial charge is 0.349 e. The molecule has 0 unspecified atom stereocenters. The van der Waals surface area contributed by atoms with E-state index in [4.69, 9.17) is 0 Å². The molecule has 1 saturated carbocycles. The molecule has 0 aliphatic heterocycles. The average Bonchev–Trinajstić information content (AvgIpc) is 2.18. The molecule has 1 amide bonds. The number of carbonyl (C=O) groups is 1. The van der Waals surface area contributed by atoms with Gasteiger partial charge in [-0.2, -0.15) is 0 Å². The van der Waals surface area contributed by atoms with Gasteiger partial charge in [-0.05, 0) is 31.6 Å². The lowest BCUT2D eigenvalue weighted by molar-refractivity contribution is -0.134. The standard InChI is InChI=1S/C12H23NO/c1-4-5-10-6-8-11(9-7-10)12(14)13(2)3/h10-11H,4-9H2,1-3H3. The fourth-order valence-corrected chi connectivity index (χ4v) is 2.47. The molecule has 1 rings (SSSR count). The van der Waals surface area contributed by atoms with E-state index in [1.165, 1.54) is 25.7 Å². The van der Waals surface area contributed by atoms with Gasteiger partial charge in [0, 0.05) is 20.0 Å². The van der Waals surface area contributed by atoms with Crippen LogP contribution >= 0.6 is 0 Å². The topological polar surface area (TPSA) is 20.3 Å². The summed E-state index contributed by atoms with van der Waals surface area (Å²) in [6.45, 7) is 2.25. The van der Waals surface area contributed by atoms with Crippen molar-refractivity contribution in [2.75, 3.05) is 14.1 Å². The Morgan fingerprint density at radius 2 is 1.79 bits per heavy atom. The summed E-state index contributed by atoms with van der Waals surface area (Å²) in [7, 11) is 3.72. The third-order valence-corrected chi connectivity index (χ3v) is 3.33. The van der Waals surface area contributed by atoms with Gasteiger partial charge >= 0.3 is 0 Å². The van der Waals surface area contributed by atoms with Crippen molar-refractivity contribution in [1.82, 2.24) is 4.90 Å². The Labute approximate surface area is 87.7 Å². The molecule has 0 aromatic heterocycles. The summed E-state index contributed by atoms with van der Waals surface area (Å²) in [5.41, 5.74) is 0. The Bertz CT molecular complexity index is 181. The van der Waals surface area contributed by atoms with Crippen molar-refractivity contribution in [2.24, 2.45) is 11.8 Å². The fourth-order valence-electron chi connectivity index (χ4n) is 2.47. The van der Waals surface area contributed by atoms with Crippen molar-refractivity contribution in [3.63, 3.8) is 0 Å². The zero-order valence-corrected chi connectivity index (χ0v) is 9.75. The highest BCUT2D eigenvalue weighted by Gasteiger charge is 2.26. The minimum atomic E-state index is 0.318. The van der Waals surface area contributed by atoms with Crippen LogP contribution in [0.4, 0.5) is 0 Å². The molecule has 0 bridgehead atoms. The molecule has 1 fully saturated rings. The minimum Gasteiger partial charge on any atom is -0.349 e. The lowest BCUT2D eigenvalue weighted by atomic mass is 9.79. The molecule has 0 saturated heterocycles. The minimum absolute atomic E-state index is 0.318. The predicted molar refractivity (Wildman–Crippen MR) is 59.1 cm³/mol. The van der Waals surface area contributed by atoms with Crippen LogP contribution in [0, 0.1) is 11.8 Å². The van der Waals surface area contributed by atoms with Crippen LogP contribution in [0.15, 0.2) is 0 Å². The fraction of sp³-hybridized carbons (Fsp3) is 0.917. The second kappa shape index (κ2) is 5.38. The first kappa shape index (κ1) is 11.5. The van der Waals surface area contributed by atoms with E-state index in [-0.39, 0.29) is 0 Å². The molecule has 2 heteroatoms. The summed E-state index contributed by atoms with van der Waals surface area (Å²) in [5.74, 6) is 1.55. The van der Waals surface area contributed by atoms with Crippen LogP contribution in [0.2, 0.25) is 0 Å². The van der Waals surface area contributed by atoms with Crippen LogP contribution < -0.4 is 0 Å². The molecule has 2 nitrogen and oxygen atoms in total. The van der Waals surface area contributed by atoms with Crippen molar-refractivity contribution in [1.29, 1.82) is 0 Å². The molecule has 0 aromatic carbocycles. The first-order valence-electron chi connectivity index (χ1n) is 5.86. The Balaban J connectivity index is 2.32. The second-order valence-corrected chi connectivity index (χ2v) is 4.74. The number of nitrogens with zero attached hydrogens (tertiary/aromatic N) is 1. The van der Waals surface area contributed by atoms with Crippen molar-refractivity contribution < 1.29 is 4.79 Å². The molecule has 0 heterocycles. The lowest BCUT2D eigenvalue weighted by Crippen LogP contribution is -2.32. The highest BCUT2D eigenvalue weighted by Crippen LogP contribution is 2.32. The van der Waals surface area contributed by atoms with Gasteiger partial charge in [0.2, 0.25) is 5.91 Å². The molecule has 0 atom stereocenters. The predicted octanol–water partition coefficient (Wildman–Crippen LogP) is 2.68. The van der Waals surface area contributed by atoms with Crippen LogP contribution in [0.3, 0.4) is 0 Å². The molecule has 1 aliphatic rings. The number of amides is 1. The second-order valence-electron chi connectivity index (χ2n) is 4.74. The van der Waals surface area contributed by atoms with Crippen molar-refractivity contribution in [3.05, 3.63) is 0 Å². The molecule has 14 heavy (non-hydrogen) atoms. The monoisotopic (exact) mass is 197 g/mol. The van der Waals surface area contributed by atoms with E-state index >= 15 is 0 Å². The van der Waals surface area contributed by atoms with Crippen molar-refractivity contribution in [3.8, 4) is 0 Å². The van der Waals surface area contributed by atoms with Gasteiger partial charge in [-0.3, -0.25) is 4.79 Å². The number of rotatable bonds is 3. The van der Waals surface area contributed by atoms with Gasteiger partial charge < -0.3 is 4.90 Å². The Hall–Kier alpha value is -0.530. The molecule has 0 spiro atoms. The molecule has 82 valence electrons. The molecular weight excluding hydrogens is 174 g/mol. The zero-order chi connectivity index (χ0) is 10.6. The maximum atomic E-state index is 11.7. The highest BCUT2D eigenvalue weighted by molar-refractivity contribution is 5.78. The summed E-state index contributed by atoms with van der Waals surface area (Å²) >= 11 is 0. The first-order chi connectivity index (χ1) is 6.65. The molecule has 0 N–H and O–H groups in total.